The molecule has 4 nitrogen and oxygen atoms in total. The molecule has 1 unspecified atom stereocenters. The lowest BCUT2D eigenvalue weighted by Crippen LogP contribution is -2.37. The molecule has 0 aliphatic heterocycles. The maximum atomic E-state index is 11.7. The van der Waals surface area contributed by atoms with Gasteiger partial charge in [0.1, 0.15) is 0 Å². The van der Waals surface area contributed by atoms with Crippen molar-refractivity contribution in [3.8, 4) is 0 Å². The van der Waals surface area contributed by atoms with Crippen LogP contribution in [0, 0.1) is 0 Å². The maximum absolute atomic E-state index is 11.7. The fourth-order valence-electron chi connectivity index (χ4n) is 1.69. The van der Waals surface area contributed by atoms with Crippen LogP contribution in [0.4, 0.5) is 0 Å². The first-order valence-electron chi connectivity index (χ1n) is 5.56. The lowest BCUT2D eigenvalue weighted by Gasteiger charge is -2.26. The van der Waals surface area contributed by atoms with E-state index in [4.69, 9.17) is 5.11 Å². The number of sulfonamides is 1. The largest absolute Gasteiger partial charge is 0.396 e. The molecule has 0 saturated heterocycles. The molecule has 0 aliphatic rings. The third kappa shape index (κ3) is 4.46. The van der Waals surface area contributed by atoms with E-state index in [1.54, 1.807) is 6.92 Å². The van der Waals surface area contributed by atoms with E-state index in [1.165, 1.54) is 10.6 Å². The van der Waals surface area contributed by atoms with Crippen molar-refractivity contribution in [1.82, 2.24) is 4.31 Å². The summed E-state index contributed by atoms with van der Waals surface area (Å²) in [4.78, 5) is 0. The third-order valence-electron chi connectivity index (χ3n) is 2.65. The van der Waals surface area contributed by atoms with Gasteiger partial charge in [0, 0.05) is 19.2 Å². The van der Waals surface area contributed by atoms with Gasteiger partial charge in [-0.05, 0) is 18.9 Å². The summed E-state index contributed by atoms with van der Waals surface area (Å²) >= 11 is 0. The average Bonchev–Trinajstić information content (AvgIpc) is 2.26. The second-order valence-corrected chi connectivity index (χ2v) is 6.09. The highest BCUT2D eigenvalue weighted by atomic mass is 32.2. The van der Waals surface area contributed by atoms with Crippen molar-refractivity contribution < 1.29 is 13.5 Å². The molecule has 0 fully saturated rings. The SMILES string of the molecule is CC(CCO)N(Cc1ccccc1)S(C)(=O)=O. The van der Waals surface area contributed by atoms with Crippen molar-refractivity contribution in [3.05, 3.63) is 35.9 Å². The topological polar surface area (TPSA) is 57.6 Å². The van der Waals surface area contributed by atoms with Crippen LogP contribution in [0.3, 0.4) is 0 Å². The van der Waals surface area contributed by atoms with E-state index in [9.17, 15) is 8.42 Å². The smallest absolute Gasteiger partial charge is 0.211 e. The average molecular weight is 257 g/mol. The molecule has 0 heterocycles. The van der Waals surface area contributed by atoms with Crippen molar-refractivity contribution in [1.29, 1.82) is 0 Å². The zero-order valence-electron chi connectivity index (χ0n) is 10.2. The minimum atomic E-state index is -3.26. The van der Waals surface area contributed by atoms with Crippen molar-refractivity contribution in [2.24, 2.45) is 0 Å². The summed E-state index contributed by atoms with van der Waals surface area (Å²) in [5, 5.41) is 8.90. The van der Waals surface area contributed by atoms with Crippen LogP contribution >= 0.6 is 0 Å². The van der Waals surface area contributed by atoms with E-state index < -0.39 is 10.0 Å². The maximum Gasteiger partial charge on any atom is 0.211 e. The van der Waals surface area contributed by atoms with Crippen LogP contribution in [0.1, 0.15) is 18.9 Å². The molecule has 0 bridgehead atoms. The number of benzene rings is 1. The standard InChI is InChI=1S/C12H19NO3S/c1-11(8-9-14)13(17(2,15)16)10-12-6-4-3-5-7-12/h3-7,11,14H,8-10H2,1-2H3. The number of aliphatic hydroxyl groups excluding tert-OH is 1. The Hall–Kier alpha value is -0.910. The van der Waals surface area contributed by atoms with E-state index in [1.807, 2.05) is 30.3 Å². The van der Waals surface area contributed by atoms with Gasteiger partial charge in [-0.3, -0.25) is 0 Å². The summed E-state index contributed by atoms with van der Waals surface area (Å²) in [5.74, 6) is 0. The number of aliphatic hydroxyl groups is 1. The zero-order chi connectivity index (χ0) is 12.9. The zero-order valence-corrected chi connectivity index (χ0v) is 11.0. The first-order valence-corrected chi connectivity index (χ1v) is 7.41. The number of rotatable bonds is 6. The summed E-state index contributed by atoms with van der Waals surface area (Å²) in [6.45, 7) is 2.14. The quantitative estimate of drug-likeness (QED) is 0.833. The Bertz CT molecular complexity index is 430. The second kappa shape index (κ2) is 6.14. The Morgan fingerprint density at radius 3 is 2.35 bits per heavy atom. The van der Waals surface area contributed by atoms with Gasteiger partial charge in [0.2, 0.25) is 10.0 Å². The van der Waals surface area contributed by atoms with Crippen LogP contribution in [0.5, 0.6) is 0 Å². The van der Waals surface area contributed by atoms with Gasteiger partial charge in [0.25, 0.3) is 0 Å². The Morgan fingerprint density at radius 1 is 1.29 bits per heavy atom. The molecular formula is C12H19NO3S. The Morgan fingerprint density at radius 2 is 1.88 bits per heavy atom. The highest BCUT2D eigenvalue weighted by Gasteiger charge is 2.22. The molecule has 1 aromatic carbocycles. The summed E-state index contributed by atoms with van der Waals surface area (Å²) < 4.78 is 24.8. The molecule has 5 heteroatoms. The highest BCUT2D eigenvalue weighted by molar-refractivity contribution is 7.88. The van der Waals surface area contributed by atoms with Gasteiger partial charge in [-0.1, -0.05) is 30.3 Å². The molecule has 0 spiro atoms. The number of hydrogen-bond acceptors (Lipinski definition) is 3. The van der Waals surface area contributed by atoms with Gasteiger partial charge in [0.15, 0.2) is 0 Å². The van der Waals surface area contributed by atoms with Crippen LogP contribution in [-0.4, -0.2) is 36.7 Å². The number of hydrogen-bond donors (Lipinski definition) is 1. The van der Waals surface area contributed by atoms with E-state index in [0.717, 1.165) is 5.56 Å². The Kier molecular flexibility index (Phi) is 5.11. The van der Waals surface area contributed by atoms with E-state index >= 15 is 0 Å². The molecule has 1 N–H and O–H groups in total. The fourth-order valence-corrected chi connectivity index (χ4v) is 2.84. The van der Waals surface area contributed by atoms with Crippen LogP contribution in [-0.2, 0) is 16.6 Å². The van der Waals surface area contributed by atoms with Crippen molar-refractivity contribution in [2.45, 2.75) is 25.9 Å². The molecular weight excluding hydrogens is 238 g/mol. The van der Waals surface area contributed by atoms with Crippen LogP contribution in [0.2, 0.25) is 0 Å². The summed E-state index contributed by atoms with van der Waals surface area (Å²) in [6, 6.07) is 9.24. The monoisotopic (exact) mass is 257 g/mol. The molecule has 0 saturated carbocycles. The third-order valence-corrected chi connectivity index (χ3v) is 3.99. The highest BCUT2D eigenvalue weighted by Crippen LogP contribution is 2.14. The lowest BCUT2D eigenvalue weighted by atomic mass is 10.2. The first kappa shape index (κ1) is 14.2. The predicted octanol–water partition coefficient (Wildman–Crippen LogP) is 1.22. The fraction of sp³-hybridized carbons (Fsp3) is 0.500. The molecule has 96 valence electrons. The first-order chi connectivity index (χ1) is 7.95. The molecule has 1 rings (SSSR count). The molecule has 1 atom stereocenters. The van der Waals surface area contributed by atoms with Gasteiger partial charge >= 0.3 is 0 Å². The summed E-state index contributed by atoms with van der Waals surface area (Å²) in [5.41, 5.74) is 0.947. The molecule has 0 aromatic heterocycles. The van der Waals surface area contributed by atoms with Crippen molar-refractivity contribution in [3.63, 3.8) is 0 Å². The van der Waals surface area contributed by atoms with Gasteiger partial charge in [0.05, 0.1) is 6.26 Å². The van der Waals surface area contributed by atoms with Crippen LogP contribution in [0.15, 0.2) is 30.3 Å². The summed E-state index contributed by atoms with van der Waals surface area (Å²) in [7, 11) is -3.26. The number of nitrogens with zero attached hydrogens (tertiary/aromatic N) is 1. The minimum absolute atomic E-state index is 0.0119. The normalized spacial score (nSPS) is 13.9. The molecule has 0 aliphatic carbocycles. The van der Waals surface area contributed by atoms with Crippen LogP contribution in [0.25, 0.3) is 0 Å². The second-order valence-electron chi connectivity index (χ2n) is 4.16. The lowest BCUT2D eigenvalue weighted by molar-refractivity contribution is 0.231. The van der Waals surface area contributed by atoms with Gasteiger partial charge in [-0.2, -0.15) is 4.31 Å². The molecule has 17 heavy (non-hydrogen) atoms. The molecule has 1 aromatic rings. The Labute approximate surface area is 103 Å². The van der Waals surface area contributed by atoms with E-state index in [0.29, 0.717) is 13.0 Å². The van der Waals surface area contributed by atoms with Gasteiger partial charge in [-0.25, -0.2) is 8.42 Å². The van der Waals surface area contributed by atoms with E-state index in [2.05, 4.69) is 0 Å². The van der Waals surface area contributed by atoms with Crippen LogP contribution < -0.4 is 0 Å². The van der Waals surface area contributed by atoms with Crippen molar-refractivity contribution in [2.75, 3.05) is 12.9 Å². The van der Waals surface area contributed by atoms with Gasteiger partial charge < -0.3 is 5.11 Å². The van der Waals surface area contributed by atoms with Crippen molar-refractivity contribution >= 4 is 10.0 Å². The minimum Gasteiger partial charge on any atom is -0.396 e. The summed E-state index contributed by atoms with van der Waals surface area (Å²) in [6.07, 6.45) is 1.64. The Balaban J connectivity index is 2.86. The van der Waals surface area contributed by atoms with E-state index in [-0.39, 0.29) is 12.6 Å². The van der Waals surface area contributed by atoms with Gasteiger partial charge in [-0.15, -0.1) is 0 Å². The molecule has 0 radical (unpaired) electrons. The predicted molar refractivity (Wildman–Crippen MR) is 68.0 cm³/mol. The molecule has 0 amide bonds.